The number of aromatic hydroxyl groups is 1. The first-order valence-electron chi connectivity index (χ1n) is 6.73. The molecule has 1 saturated heterocycles. The topological polar surface area (TPSA) is 79.8 Å². The number of nitrogens with one attached hydrogen (secondary N) is 2. The minimum absolute atomic E-state index is 0.151. The maximum absolute atomic E-state index is 12.3. The maximum atomic E-state index is 12.3. The summed E-state index contributed by atoms with van der Waals surface area (Å²) in [7, 11) is 1.54. The largest absolute Gasteiger partial charge is 0.508 e. The highest BCUT2D eigenvalue weighted by molar-refractivity contribution is 7.80. The van der Waals surface area contributed by atoms with E-state index in [9.17, 15) is 9.90 Å². The minimum Gasteiger partial charge on any atom is -0.508 e. The molecule has 0 bridgehead atoms. The standard InChI is InChI=1S/C15H18N2O4S/c1-9-12(14(19)21-8-7-20-2)13(17-15(22)16-9)10-3-5-11(18)6-4-10/h3-6,12-13,18H,1,7-8H2,2H3,(H2,16,17,22)/t12-,13+/m1/s1. The molecule has 0 saturated carbocycles. The summed E-state index contributed by atoms with van der Waals surface area (Å²) in [4.78, 5) is 12.3. The number of hydrogen-bond donors (Lipinski definition) is 3. The average molecular weight is 322 g/mol. The summed E-state index contributed by atoms with van der Waals surface area (Å²) in [6.07, 6.45) is 0. The van der Waals surface area contributed by atoms with Gasteiger partial charge < -0.3 is 25.2 Å². The molecule has 0 radical (unpaired) electrons. The second-order valence-corrected chi connectivity index (χ2v) is 5.24. The number of ether oxygens (including phenoxy) is 2. The molecule has 6 nitrogen and oxygen atoms in total. The zero-order valence-corrected chi connectivity index (χ0v) is 13.0. The molecule has 0 spiro atoms. The van der Waals surface area contributed by atoms with Crippen LogP contribution in [0.15, 0.2) is 36.5 Å². The van der Waals surface area contributed by atoms with Crippen LogP contribution >= 0.6 is 12.2 Å². The average Bonchev–Trinajstić information content (AvgIpc) is 2.47. The third kappa shape index (κ3) is 3.75. The molecule has 1 fully saturated rings. The van der Waals surface area contributed by atoms with Crippen LogP contribution in [0.2, 0.25) is 0 Å². The van der Waals surface area contributed by atoms with Gasteiger partial charge >= 0.3 is 5.97 Å². The Labute approximate surface area is 134 Å². The SMILES string of the molecule is C=C1NC(=S)N[C@@H](c2ccc(O)cc2)[C@@H]1C(=O)OCCOC. The molecule has 118 valence electrons. The predicted molar refractivity (Wildman–Crippen MR) is 85.2 cm³/mol. The van der Waals surface area contributed by atoms with Gasteiger partial charge in [-0.15, -0.1) is 0 Å². The smallest absolute Gasteiger partial charge is 0.317 e. The Morgan fingerprint density at radius 3 is 2.68 bits per heavy atom. The van der Waals surface area contributed by atoms with Gasteiger partial charge in [-0.25, -0.2) is 0 Å². The van der Waals surface area contributed by atoms with Gasteiger partial charge in [0.05, 0.1) is 12.6 Å². The number of rotatable bonds is 5. The third-order valence-corrected chi connectivity index (χ3v) is 3.53. The van der Waals surface area contributed by atoms with E-state index in [1.54, 1.807) is 24.3 Å². The Kier molecular flexibility index (Phi) is 5.35. The summed E-state index contributed by atoms with van der Waals surface area (Å²) in [5, 5.41) is 15.7. The van der Waals surface area contributed by atoms with Gasteiger partial charge in [0.15, 0.2) is 5.11 Å². The van der Waals surface area contributed by atoms with E-state index in [0.717, 1.165) is 5.56 Å². The van der Waals surface area contributed by atoms with Crippen LogP contribution in [-0.2, 0) is 14.3 Å². The lowest BCUT2D eigenvalue weighted by Gasteiger charge is -2.34. The zero-order chi connectivity index (χ0) is 16.1. The van der Waals surface area contributed by atoms with E-state index in [1.807, 2.05) is 0 Å². The first-order chi connectivity index (χ1) is 10.5. The maximum Gasteiger partial charge on any atom is 0.317 e. The molecular weight excluding hydrogens is 304 g/mol. The van der Waals surface area contributed by atoms with Gasteiger partial charge in [-0.05, 0) is 29.9 Å². The van der Waals surface area contributed by atoms with Crippen LogP contribution in [0.1, 0.15) is 11.6 Å². The summed E-state index contributed by atoms with van der Waals surface area (Å²) < 4.78 is 10.1. The van der Waals surface area contributed by atoms with Crippen molar-refractivity contribution in [2.75, 3.05) is 20.3 Å². The normalized spacial score (nSPS) is 21.0. The van der Waals surface area contributed by atoms with Gasteiger partial charge in [-0.2, -0.15) is 0 Å². The monoisotopic (exact) mass is 322 g/mol. The molecule has 0 aromatic heterocycles. The van der Waals surface area contributed by atoms with Crippen molar-refractivity contribution in [2.24, 2.45) is 5.92 Å². The van der Waals surface area contributed by atoms with Crippen molar-refractivity contribution in [3.8, 4) is 5.75 Å². The molecule has 22 heavy (non-hydrogen) atoms. The van der Waals surface area contributed by atoms with E-state index in [0.29, 0.717) is 17.4 Å². The Hall–Kier alpha value is -2.12. The van der Waals surface area contributed by atoms with E-state index < -0.39 is 17.9 Å². The molecular formula is C15H18N2O4S. The number of esters is 1. The number of thiocarbonyl (C=S) groups is 1. The molecule has 7 heteroatoms. The summed E-state index contributed by atoms with van der Waals surface area (Å²) >= 11 is 5.13. The first kappa shape index (κ1) is 16.3. The number of phenols is 1. The fraction of sp³-hybridized carbons (Fsp3) is 0.333. The Morgan fingerprint density at radius 2 is 2.05 bits per heavy atom. The lowest BCUT2D eigenvalue weighted by atomic mass is 9.89. The highest BCUT2D eigenvalue weighted by atomic mass is 32.1. The Morgan fingerprint density at radius 1 is 1.36 bits per heavy atom. The van der Waals surface area contributed by atoms with Gasteiger partial charge in [0.1, 0.15) is 18.3 Å². The molecule has 2 atom stereocenters. The van der Waals surface area contributed by atoms with E-state index in [4.69, 9.17) is 21.7 Å². The van der Waals surface area contributed by atoms with Crippen LogP contribution in [0.25, 0.3) is 0 Å². The van der Waals surface area contributed by atoms with Crippen LogP contribution in [-0.4, -0.2) is 36.5 Å². The van der Waals surface area contributed by atoms with Crippen LogP contribution in [0.3, 0.4) is 0 Å². The third-order valence-electron chi connectivity index (χ3n) is 3.31. The summed E-state index contributed by atoms with van der Waals surface area (Å²) in [6, 6.07) is 6.15. The molecule has 1 aromatic rings. The van der Waals surface area contributed by atoms with Crippen LogP contribution in [0.5, 0.6) is 5.75 Å². The lowest BCUT2D eigenvalue weighted by Crippen LogP contribution is -2.51. The second-order valence-electron chi connectivity index (χ2n) is 4.83. The Balaban J connectivity index is 2.21. The van der Waals surface area contributed by atoms with Crippen molar-refractivity contribution in [2.45, 2.75) is 6.04 Å². The molecule has 0 unspecified atom stereocenters. The van der Waals surface area contributed by atoms with Gasteiger partial charge in [-0.3, -0.25) is 4.79 Å². The number of carbonyl (C=O) groups is 1. The van der Waals surface area contributed by atoms with Crippen molar-refractivity contribution in [3.63, 3.8) is 0 Å². The molecule has 0 amide bonds. The molecule has 2 rings (SSSR count). The highest BCUT2D eigenvalue weighted by Gasteiger charge is 2.37. The molecule has 1 aliphatic rings. The number of phenolic OH excluding ortho intramolecular Hbond substituents is 1. The molecule has 1 aliphatic heterocycles. The molecule has 0 aliphatic carbocycles. The molecule has 1 aromatic carbocycles. The minimum atomic E-state index is -0.631. The number of carbonyl (C=O) groups excluding carboxylic acids is 1. The van der Waals surface area contributed by atoms with E-state index in [1.165, 1.54) is 7.11 Å². The van der Waals surface area contributed by atoms with Gasteiger partial charge in [0, 0.05) is 12.8 Å². The predicted octanol–water partition coefficient (Wildman–Crippen LogP) is 1.23. The molecule has 3 N–H and O–H groups in total. The fourth-order valence-corrected chi connectivity index (χ4v) is 2.49. The zero-order valence-electron chi connectivity index (χ0n) is 12.2. The van der Waals surface area contributed by atoms with Crippen molar-refractivity contribution in [1.82, 2.24) is 10.6 Å². The van der Waals surface area contributed by atoms with Gasteiger partial charge in [0.2, 0.25) is 0 Å². The van der Waals surface area contributed by atoms with Crippen LogP contribution < -0.4 is 10.6 Å². The van der Waals surface area contributed by atoms with E-state index in [-0.39, 0.29) is 12.4 Å². The van der Waals surface area contributed by atoms with E-state index >= 15 is 0 Å². The number of methoxy groups -OCH3 is 1. The first-order valence-corrected chi connectivity index (χ1v) is 7.14. The summed E-state index contributed by atoms with van der Waals surface area (Å²) in [5.41, 5.74) is 1.28. The summed E-state index contributed by atoms with van der Waals surface area (Å²) in [5.74, 6) is -0.894. The van der Waals surface area contributed by atoms with Gasteiger partial charge in [-0.1, -0.05) is 18.7 Å². The van der Waals surface area contributed by atoms with E-state index in [2.05, 4.69) is 17.2 Å². The van der Waals surface area contributed by atoms with Crippen molar-refractivity contribution in [3.05, 3.63) is 42.1 Å². The number of benzene rings is 1. The highest BCUT2D eigenvalue weighted by Crippen LogP contribution is 2.31. The fourth-order valence-electron chi connectivity index (χ4n) is 2.24. The molecule has 1 heterocycles. The van der Waals surface area contributed by atoms with Crippen LogP contribution in [0, 0.1) is 5.92 Å². The van der Waals surface area contributed by atoms with Crippen molar-refractivity contribution in [1.29, 1.82) is 0 Å². The van der Waals surface area contributed by atoms with Crippen molar-refractivity contribution < 1.29 is 19.4 Å². The number of hydrogen-bond acceptors (Lipinski definition) is 5. The quantitative estimate of drug-likeness (QED) is 0.427. The Bertz CT molecular complexity index is 573. The lowest BCUT2D eigenvalue weighted by molar-refractivity contribution is -0.149. The summed E-state index contributed by atoms with van der Waals surface area (Å²) in [6.45, 7) is 4.37. The van der Waals surface area contributed by atoms with Crippen LogP contribution in [0.4, 0.5) is 0 Å². The van der Waals surface area contributed by atoms with Crippen molar-refractivity contribution >= 4 is 23.3 Å². The van der Waals surface area contributed by atoms with Gasteiger partial charge in [0.25, 0.3) is 0 Å². The second kappa shape index (κ2) is 7.24.